The van der Waals surface area contributed by atoms with Crippen molar-refractivity contribution in [1.82, 2.24) is 0 Å². The Kier molecular flexibility index (Phi) is 5.76. The van der Waals surface area contributed by atoms with E-state index in [1.54, 1.807) is 18.2 Å². The van der Waals surface area contributed by atoms with E-state index in [1.165, 1.54) is 32.4 Å². The summed E-state index contributed by atoms with van der Waals surface area (Å²) in [5.41, 5.74) is 0.941. The molecule has 0 radical (unpaired) electrons. The molecule has 2 rings (SSSR count). The minimum atomic E-state index is -0.897. The van der Waals surface area contributed by atoms with Crippen LogP contribution in [0.1, 0.15) is 17.2 Å². The molecule has 0 aliphatic carbocycles. The molecule has 0 aromatic heterocycles. The van der Waals surface area contributed by atoms with Crippen LogP contribution in [0, 0.1) is 21.4 Å². The number of aliphatic hydroxyl groups is 1. The Labute approximate surface area is 144 Å². The Bertz CT molecular complexity index is 794. The van der Waals surface area contributed by atoms with E-state index in [4.69, 9.17) is 14.7 Å². The average molecular weight is 343 g/mol. The number of benzene rings is 2. The number of methoxy groups -OCH3 is 2. The van der Waals surface area contributed by atoms with Crippen molar-refractivity contribution >= 4 is 11.4 Å². The molecular weight excluding hydrogens is 326 g/mol. The molecule has 130 valence electrons. The van der Waals surface area contributed by atoms with Gasteiger partial charge in [-0.25, -0.2) is 0 Å². The first-order valence-electron chi connectivity index (χ1n) is 7.32. The lowest BCUT2D eigenvalue weighted by Crippen LogP contribution is -2.13. The normalized spacial score (nSPS) is 11.3. The van der Waals surface area contributed by atoms with Crippen LogP contribution >= 0.6 is 0 Å². The largest absolute Gasteiger partial charge is 0.497 e. The summed E-state index contributed by atoms with van der Waals surface area (Å²) < 4.78 is 10.3. The molecule has 0 aliphatic rings. The predicted molar refractivity (Wildman–Crippen MR) is 90.8 cm³/mol. The summed E-state index contributed by atoms with van der Waals surface area (Å²) in [5, 5.41) is 33.2. The number of nitrogens with zero attached hydrogens (tertiary/aromatic N) is 2. The van der Waals surface area contributed by atoms with Crippen molar-refractivity contribution in [3.8, 4) is 17.6 Å². The average Bonchev–Trinajstić information content (AvgIpc) is 2.65. The Morgan fingerprint density at radius 3 is 2.40 bits per heavy atom. The molecule has 0 aliphatic heterocycles. The summed E-state index contributed by atoms with van der Waals surface area (Å²) in [6.45, 7) is 0.100. The van der Waals surface area contributed by atoms with E-state index in [0.717, 1.165) is 0 Å². The number of hydrogen-bond acceptors (Lipinski definition) is 7. The van der Waals surface area contributed by atoms with E-state index < -0.39 is 11.0 Å². The summed E-state index contributed by atoms with van der Waals surface area (Å²) >= 11 is 0. The molecule has 25 heavy (non-hydrogen) atoms. The molecule has 0 saturated heterocycles. The van der Waals surface area contributed by atoms with Crippen LogP contribution in [0.4, 0.5) is 11.4 Å². The van der Waals surface area contributed by atoms with Crippen molar-refractivity contribution in [3.05, 3.63) is 57.6 Å². The van der Waals surface area contributed by atoms with Gasteiger partial charge in [0.05, 0.1) is 36.5 Å². The molecule has 1 atom stereocenters. The van der Waals surface area contributed by atoms with Gasteiger partial charge in [0.25, 0.3) is 5.69 Å². The monoisotopic (exact) mass is 343 g/mol. The van der Waals surface area contributed by atoms with Crippen molar-refractivity contribution in [2.24, 2.45) is 0 Å². The summed E-state index contributed by atoms with van der Waals surface area (Å²) in [6, 6.07) is 10.9. The molecule has 1 unspecified atom stereocenters. The number of aliphatic hydroxyl groups excluding tert-OH is 1. The number of anilines is 1. The fourth-order valence-corrected chi connectivity index (χ4v) is 2.24. The minimum absolute atomic E-state index is 0.100. The van der Waals surface area contributed by atoms with Gasteiger partial charge in [0.1, 0.15) is 17.6 Å². The fraction of sp³-hybridized carbons (Fsp3) is 0.235. The molecule has 0 amide bonds. The second-order valence-electron chi connectivity index (χ2n) is 5.14. The Morgan fingerprint density at radius 1 is 1.24 bits per heavy atom. The number of rotatable bonds is 7. The predicted octanol–water partition coefficient (Wildman–Crippen LogP) is 2.63. The number of nitro benzene ring substituents is 1. The Balaban J connectivity index is 2.16. The second-order valence-corrected chi connectivity index (χ2v) is 5.14. The Morgan fingerprint density at radius 2 is 1.88 bits per heavy atom. The van der Waals surface area contributed by atoms with Gasteiger partial charge in [-0.05, 0) is 23.8 Å². The lowest BCUT2D eigenvalue weighted by atomic mass is 10.1. The zero-order chi connectivity index (χ0) is 18.4. The molecule has 2 aromatic rings. The smallest absolute Gasteiger partial charge is 0.270 e. The maximum atomic E-state index is 10.8. The van der Waals surface area contributed by atoms with Crippen LogP contribution < -0.4 is 14.8 Å². The first kappa shape index (κ1) is 18.0. The second kappa shape index (κ2) is 7.99. The third-order valence-electron chi connectivity index (χ3n) is 3.58. The van der Waals surface area contributed by atoms with E-state index >= 15 is 0 Å². The zero-order valence-electron chi connectivity index (χ0n) is 13.7. The summed E-state index contributed by atoms with van der Waals surface area (Å²) in [7, 11) is 3.03. The number of non-ortho nitro benzene ring substituents is 1. The highest BCUT2D eigenvalue weighted by Gasteiger charge is 2.14. The molecule has 8 nitrogen and oxygen atoms in total. The lowest BCUT2D eigenvalue weighted by molar-refractivity contribution is -0.384. The van der Waals surface area contributed by atoms with Crippen LogP contribution in [0.25, 0.3) is 0 Å². The highest BCUT2D eigenvalue weighted by atomic mass is 16.6. The molecule has 0 bridgehead atoms. The number of nitriles is 1. The molecule has 0 saturated carbocycles. The maximum absolute atomic E-state index is 10.8. The van der Waals surface area contributed by atoms with Gasteiger partial charge in [-0.1, -0.05) is 0 Å². The minimum Gasteiger partial charge on any atom is -0.497 e. The van der Waals surface area contributed by atoms with E-state index in [9.17, 15) is 15.2 Å². The lowest BCUT2D eigenvalue weighted by Gasteiger charge is -2.16. The summed E-state index contributed by atoms with van der Waals surface area (Å²) in [5.74, 6) is 1.09. The third-order valence-corrected chi connectivity index (χ3v) is 3.58. The number of ether oxygens (including phenoxy) is 2. The number of hydrogen-bond donors (Lipinski definition) is 2. The molecule has 0 spiro atoms. The first-order chi connectivity index (χ1) is 12.0. The maximum Gasteiger partial charge on any atom is 0.270 e. The van der Waals surface area contributed by atoms with Gasteiger partial charge in [0.15, 0.2) is 0 Å². The van der Waals surface area contributed by atoms with Crippen LogP contribution in [0.15, 0.2) is 36.4 Å². The third kappa shape index (κ3) is 4.37. The van der Waals surface area contributed by atoms with Crippen LogP contribution in [0.3, 0.4) is 0 Å². The van der Waals surface area contributed by atoms with Crippen molar-refractivity contribution in [2.45, 2.75) is 6.10 Å². The first-order valence-corrected chi connectivity index (χ1v) is 7.32. The van der Waals surface area contributed by atoms with Gasteiger partial charge in [-0.15, -0.1) is 0 Å². The van der Waals surface area contributed by atoms with Crippen LogP contribution in [0.5, 0.6) is 11.5 Å². The molecular formula is C17H17N3O5. The van der Waals surface area contributed by atoms with E-state index in [-0.39, 0.29) is 17.8 Å². The van der Waals surface area contributed by atoms with Crippen LogP contribution in [-0.2, 0) is 0 Å². The van der Waals surface area contributed by atoms with Gasteiger partial charge in [0.2, 0.25) is 0 Å². The SMILES string of the molecule is COc1cc(OC)cc(C(O)CNc2ccc([N+](=O)[O-])cc2C#N)c1. The number of nitro groups is 1. The molecule has 8 heteroatoms. The van der Waals surface area contributed by atoms with Crippen LogP contribution in [0.2, 0.25) is 0 Å². The molecule has 2 N–H and O–H groups in total. The van der Waals surface area contributed by atoms with Crippen LogP contribution in [-0.4, -0.2) is 30.8 Å². The topological polar surface area (TPSA) is 118 Å². The number of nitrogens with one attached hydrogen (secondary N) is 1. The van der Waals surface area contributed by atoms with E-state index in [0.29, 0.717) is 22.7 Å². The highest BCUT2D eigenvalue weighted by Crippen LogP contribution is 2.27. The van der Waals surface area contributed by atoms with Gasteiger partial charge >= 0.3 is 0 Å². The Hall–Kier alpha value is -3.31. The zero-order valence-corrected chi connectivity index (χ0v) is 13.7. The van der Waals surface area contributed by atoms with Gasteiger partial charge in [0, 0.05) is 24.7 Å². The summed E-state index contributed by atoms with van der Waals surface area (Å²) in [6.07, 6.45) is -0.897. The van der Waals surface area contributed by atoms with Gasteiger partial charge in [-0.3, -0.25) is 10.1 Å². The van der Waals surface area contributed by atoms with E-state index in [1.807, 2.05) is 6.07 Å². The fourth-order valence-electron chi connectivity index (χ4n) is 2.24. The molecule has 2 aromatic carbocycles. The molecule has 0 fully saturated rings. The molecule has 0 heterocycles. The standard InChI is InChI=1S/C17H17N3O5/c1-24-14-6-11(7-15(8-14)25-2)17(21)10-19-16-4-3-13(20(22)23)5-12(16)9-18/h3-8,17,19,21H,10H2,1-2H3. The van der Waals surface area contributed by atoms with Crippen molar-refractivity contribution in [1.29, 1.82) is 5.26 Å². The van der Waals surface area contributed by atoms with Crippen molar-refractivity contribution in [3.63, 3.8) is 0 Å². The highest BCUT2D eigenvalue weighted by molar-refractivity contribution is 5.61. The van der Waals surface area contributed by atoms with Crippen molar-refractivity contribution < 1.29 is 19.5 Å². The van der Waals surface area contributed by atoms with Gasteiger partial charge in [-0.2, -0.15) is 5.26 Å². The van der Waals surface area contributed by atoms with Crippen molar-refractivity contribution in [2.75, 3.05) is 26.1 Å². The summed E-state index contributed by atoms with van der Waals surface area (Å²) in [4.78, 5) is 10.2. The van der Waals surface area contributed by atoms with E-state index in [2.05, 4.69) is 5.32 Å². The van der Waals surface area contributed by atoms with Gasteiger partial charge < -0.3 is 19.9 Å². The quantitative estimate of drug-likeness (QED) is 0.586.